The molecule has 0 heterocycles. The fourth-order valence-electron chi connectivity index (χ4n) is 1.74. The van der Waals surface area contributed by atoms with Crippen LogP contribution in [0.5, 0.6) is 5.75 Å². The first-order valence-corrected chi connectivity index (χ1v) is 6.27. The largest absolute Gasteiger partial charge is 0.495 e. The molecule has 0 saturated carbocycles. The molecule has 0 N–H and O–H groups in total. The molecule has 0 aromatic heterocycles. The first-order valence-electron chi connectivity index (χ1n) is 5.46. The number of hydrogen-bond donors (Lipinski definition) is 0. The van der Waals surface area contributed by atoms with E-state index in [2.05, 4.69) is 0 Å². The molecule has 0 fully saturated rings. The van der Waals surface area contributed by atoms with Crippen LogP contribution in [0.4, 0.5) is 8.78 Å². The SMILES string of the molecule is COc1ccc(C(Cl)c2cccc(F)c2F)cc1Cl. The summed E-state index contributed by atoms with van der Waals surface area (Å²) in [5, 5.41) is -0.457. The molecular formula is C14H10Cl2F2O. The highest BCUT2D eigenvalue weighted by Gasteiger charge is 2.18. The summed E-state index contributed by atoms with van der Waals surface area (Å²) < 4.78 is 31.9. The van der Waals surface area contributed by atoms with Crippen molar-refractivity contribution in [3.63, 3.8) is 0 Å². The number of rotatable bonds is 3. The lowest BCUT2D eigenvalue weighted by Crippen LogP contribution is -1.99. The summed E-state index contributed by atoms with van der Waals surface area (Å²) in [6.45, 7) is 0. The molecule has 0 aliphatic rings. The van der Waals surface area contributed by atoms with Gasteiger partial charge in [-0.2, -0.15) is 0 Å². The van der Waals surface area contributed by atoms with Gasteiger partial charge in [0, 0.05) is 5.56 Å². The van der Waals surface area contributed by atoms with Gasteiger partial charge in [0.15, 0.2) is 11.6 Å². The predicted octanol–water partition coefficient (Wildman–Crippen LogP) is 4.96. The van der Waals surface area contributed by atoms with Crippen molar-refractivity contribution < 1.29 is 13.5 Å². The Hall–Kier alpha value is -1.32. The number of benzene rings is 2. The number of ether oxygens (including phenoxy) is 1. The van der Waals surface area contributed by atoms with Crippen molar-refractivity contribution in [2.45, 2.75) is 5.38 Å². The maximum Gasteiger partial charge on any atom is 0.163 e. The first kappa shape index (κ1) is 14.1. The molecule has 0 saturated heterocycles. The smallest absolute Gasteiger partial charge is 0.163 e. The third kappa shape index (κ3) is 2.82. The second kappa shape index (κ2) is 5.76. The molecule has 100 valence electrons. The molecule has 0 spiro atoms. The van der Waals surface area contributed by atoms with Gasteiger partial charge in [0.2, 0.25) is 0 Å². The van der Waals surface area contributed by atoms with Crippen molar-refractivity contribution in [2.75, 3.05) is 7.11 Å². The van der Waals surface area contributed by atoms with Gasteiger partial charge in [-0.25, -0.2) is 8.78 Å². The normalized spacial score (nSPS) is 12.3. The molecular weight excluding hydrogens is 293 g/mol. The minimum absolute atomic E-state index is 0.0721. The van der Waals surface area contributed by atoms with Crippen molar-refractivity contribution in [3.8, 4) is 5.75 Å². The van der Waals surface area contributed by atoms with Gasteiger partial charge in [0.1, 0.15) is 5.75 Å². The van der Waals surface area contributed by atoms with Gasteiger partial charge in [0.25, 0.3) is 0 Å². The van der Waals surface area contributed by atoms with E-state index in [9.17, 15) is 8.78 Å². The van der Waals surface area contributed by atoms with E-state index in [1.54, 1.807) is 18.2 Å². The Bertz CT molecular complexity index is 602. The Kier molecular flexibility index (Phi) is 4.27. The molecule has 19 heavy (non-hydrogen) atoms. The van der Waals surface area contributed by atoms with Gasteiger partial charge in [-0.15, -0.1) is 11.6 Å². The summed E-state index contributed by atoms with van der Waals surface area (Å²) in [6.07, 6.45) is 0. The van der Waals surface area contributed by atoms with Crippen LogP contribution in [0.2, 0.25) is 5.02 Å². The van der Waals surface area contributed by atoms with Crippen molar-refractivity contribution in [1.82, 2.24) is 0 Å². The fraction of sp³-hybridized carbons (Fsp3) is 0.143. The topological polar surface area (TPSA) is 9.23 Å². The molecule has 1 nitrogen and oxygen atoms in total. The summed E-state index contributed by atoms with van der Waals surface area (Å²) in [7, 11) is 1.49. The third-order valence-corrected chi connectivity index (χ3v) is 3.51. The number of hydrogen-bond acceptors (Lipinski definition) is 1. The van der Waals surface area contributed by atoms with Gasteiger partial charge in [-0.1, -0.05) is 29.8 Å². The van der Waals surface area contributed by atoms with E-state index >= 15 is 0 Å². The van der Waals surface area contributed by atoms with Crippen LogP contribution in [0.1, 0.15) is 16.5 Å². The highest BCUT2D eigenvalue weighted by molar-refractivity contribution is 6.32. The average molecular weight is 303 g/mol. The van der Waals surface area contributed by atoms with Crippen LogP contribution >= 0.6 is 23.2 Å². The number of halogens is 4. The van der Waals surface area contributed by atoms with E-state index in [0.717, 1.165) is 6.07 Å². The van der Waals surface area contributed by atoms with Crippen LogP contribution in [0, 0.1) is 11.6 Å². The van der Waals surface area contributed by atoms with Crippen molar-refractivity contribution in [3.05, 3.63) is 64.2 Å². The highest BCUT2D eigenvalue weighted by atomic mass is 35.5. The summed E-state index contributed by atoms with van der Waals surface area (Å²) >= 11 is 12.2. The van der Waals surface area contributed by atoms with Gasteiger partial charge < -0.3 is 4.74 Å². The van der Waals surface area contributed by atoms with Crippen LogP contribution in [0.25, 0.3) is 0 Å². The average Bonchev–Trinajstić information content (AvgIpc) is 2.41. The Morgan fingerprint density at radius 2 is 1.89 bits per heavy atom. The van der Waals surface area contributed by atoms with Gasteiger partial charge in [0.05, 0.1) is 17.5 Å². The zero-order valence-corrected chi connectivity index (χ0v) is 11.5. The van der Waals surface area contributed by atoms with Gasteiger partial charge >= 0.3 is 0 Å². The van der Waals surface area contributed by atoms with Crippen molar-refractivity contribution in [2.24, 2.45) is 0 Å². The summed E-state index contributed by atoms with van der Waals surface area (Å²) in [6, 6.07) is 8.76. The molecule has 0 radical (unpaired) electrons. The molecule has 0 amide bonds. The lowest BCUT2D eigenvalue weighted by atomic mass is 10.0. The lowest BCUT2D eigenvalue weighted by molar-refractivity contribution is 0.415. The fourth-order valence-corrected chi connectivity index (χ4v) is 2.31. The Morgan fingerprint density at radius 3 is 2.53 bits per heavy atom. The second-order valence-corrected chi connectivity index (χ2v) is 4.74. The zero-order valence-electron chi connectivity index (χ0n) is 9.96. The Balaban J connectivity index is 2.41. The highest BCUT2D eigenvalue weighted by Crippen LogP contribution is 2.35. The maximum absolute atomic E-state index is 13.7. The zero-order chi connectivity index (χ0) is 14.0. The lowest BCUT2D eigenvalue weighted by Gasteiger charge is -2.13. The number of alkyl halides is 1. The van der Waals surface area contributed by atoms with Crippen molar-refractivity contribution in [1.29, 1.82) is 0 Å². The van der Waals surface area contributed by atoms with Crippen LogP contribution in [-0.2, 0) is 0 Å². The summed E-state index contributed by atoms with van der Waals surface area (Å²) in [5.74, 6) is -1.38. The molecule has 2 aromatic carbocycles. The van der Waals surface area contributed by atoms with Crippen LogP contribution in [-0.4, -0.2) is 7.11 Å². The van der Waals surface area contributed by atoms with E-state index in [4.69, 9.17) is 27.9 Å². The first-order chi connectivity index (χ1) is 9.04. The molecule has 2 rings (SSSR count). The van der Waals surface area contributed by atoms with E-state index in [-0.39, 0.29) is 5.56 Å². The van der Waals surface area contributed by atoms with Crippen LogP contribution in [0.15, 0.2) is 36.4 Å². The molecule has 0 aliphatic carbocycles. The molecule has 1 atom stereocenters. The van der Waals surface area contributed by atoms with E-state index in [0.29, 0.717) is 16.3 Å². The predicted molar refractivity (Wildman–Crippen MR) is 72.1 cm³/mol. The number of methoxy groups -OCH3 is 1. The Labute approximate surface area is 119 Å². The minimum Gasteiger partial charge on any atom is -0.495 e. The second-order valence-electron chi connectivity index (χ2n) is 3.90. The molecule has 1 unspecified atom stereocenters. The van der Waals surface area contributed by atoms with Crippen LogP contribution < -0.4 is 4.74 Å². The maximum atomic E-state index is 13.7. The molecule has 0 aliphatic heterocycles. The third-order valence-electron chi connectivity index (χ3n) is 2.72. The van der Waals surface area contributed by atoms with E-state index in [1.807, 2.05) is 0 Å². The molecule has 0 bridgehead atoms. The van der Waals surface area contributed by atoms with Gasteiger partial charge in [-0.3, -0.25) is 0 Å². The standard InChI is InChI=1S/C14H10Cl2F2O/c1-19-12-6-5-8(7-10(12)15)13(16)9-3-2-4-11(17)14(9)18/h2-7,13H,1H3. The summed E-state index contributed by atoms with van der Waals surface area (Å²) in [4.78, 5) is 0. The Morgan fingerprint density at radius 1 is 1.16 bits per heavy atom. The van der Waals surface area contributed by atoms with E-state index in [1.165, 1.54) is 19.2 Å². The monoisotopic (exact) mass is 302 g/mol. The molecule has 5 heteroatoms. The van der Waals surface area contributed by atoms with Gasteiger partial charge in [-0.05, 0) is 23.8 Å². The molecule has 2 aromatic rings. The van der Waals surface area contributed by atoms with E-state index < -0.39 is 17.0 Å². The quantitative estimate of drug-likeness (QED) is 0.729. The van der Waals surface area contributed by atoms with Crippen molar-refractivity contribution >= 4 is 23.2 Å². The van der Waals surface area contributed by atoms with Crippen LogP contribution in [0.3, 0.4) is 0 Å². The summed E-state index contributed by atoms with van der Waals surface area (Å²) in [5.41, 5.74) is 0.639. The minimum atomic E-state index is -0.950.